The minimum atomic E-state index is -0.741. The van der Waals surface area contributed by atoms with Crippen molar-refractivity contribution in [3.63, 3.8) is 0 Å². The third-order valence-electron chi connectivity index (χ3n) is 2.42. The van der Waals surface area contributed by atoms with Gasteiger partial charge in [-0.3, -0.25) is 15.1 Å². The number of aliphatic hydroxyl groups excluding tert-OH is 1. The van der Waals surface area contributed by atoms with E-state index in [-0.39, 0.29) is 5.69 Å². The van der Waals surface area contributed by atoms with Gasteiger partial charge >= 0.3 is 0 Å². The lowest BCUT2D eigenvalue weighted by Gasteiger charge is -2.07. The zero-order valence-corrected chi connectivity index (χ0v) is 10.9. The molecule has 0 aliphatic heterocycles. The van der Waals surface area contributed by atoms with E-state index in [2.05, 4.69) is 9.97 Å². The molecule has 1 atom stereocenters. The molecule has 0 bridgehead atoms. The Balaban J connectivity index is 2.37. The predicted octanol–water partition coefficient (Wildman–Crippen LogP) is 2.59. The summed E-state index contributed by atoms with van der Waals surface area (Å²) in [5.74, 6) is 0. The first-order valence-electron chi connectivity index (χ1n) is 5.48. The number of benzene rings is 1. The third-order valence-corrected chi connectivity index (χ3v) is 3.40. The van der Waals surface area contributed by atoms with Gasteiger partial charge in [0.2, 0.25) is 0 Å². The van der Waals surface area contributed by atoms with Crippen molar-refractivity contribution < 1.29 is 10.0 Å². The maximum absolute atomic E-state index is 11.1. The Labute approximate surface area is 113 Å². The number of nitro groups is 1. The van der Waals surface area contributed by atoms with Gasteiger partial charge in [-0.15, -0.1) is 0 Å². The van der Waals surface area contributed by atoms with Crippen LogP contribution in [0, 0.1) is 10.1 Å². The quantitative estimate of drug-likeness (QED) is 0.682. The number of aromatic nitrogens is 2. The van der Waals surface area contributed by atoms with Gasteiger partial charge in [0.15, 0.2) is 0 Å². The summed E-state index contributed by atoms with van der Waals surface area (Å²) in [7, 11) is 0. The Hall–Kier alpha value is -1.99. The monoisotopic (exact) mass is 277 g/mol. The van der Waals surface area contributed by atoms with Gasteiger partial charge < -0.3 is 5.11 Å². The Kier molecular flexibility index (Phi) is 4.08. The highest BCUT2D eigenvalue weighted by Crippen LogP contribution is 2.35. The molecular formula is C12H11N3O3S. The lowest BCUT2D eigenvalue weighted by atomic mass is 10.1. The summed E-state index contributed by atoms with van der Waals surface area (Å²) in [6, 6.07) is 4.65. The molecule has 0 spiro atoms. The summed E-state index contributed by atoms with van der Waals surface area (Å²) in [6.07, 6.45) is 3.86. The van der Waals surface area contributed by atoms with Crippen LogP contribution >= 0.6 is 11.8 Å². The van der Waals surface area contributed by atoms with Crippen LogP contribution in [0.15, 0.2) is 46.7 Å². The van der Waals surface area contributed by atoms with Gasteiger partial charge in [-0.05, 0) is 18.6 Å². The van der Waals surface area contributed by atoms with Gasteiger partial charge in [0.25, 0.3) is 5.69 Å². The minimum Gasteiger partial charge on any atom is -0.389 e. The summed E-state index contributed by atoms with van der Waals surface area (Å²) >= 11 is 1.17. The number of nitro benzene ring substituents is 1. The number of nitrogens with zero attached hydrogens (tertiary/aromatic N) is 3. The number of hydrogen-bond donors (Lipinski definition) is 1. The molecule has 2 aromatic rings. The Morgan fingerprint density at radius 2 is 2.21 bits per heavy atom. The molecule has 1 heterocycles. The zero-order valence-electron chi connectivity index (χ0n) is 10.1. The fourth-order valence-electron chi connectivity index (χ4n) is 1.47. The van der Waals surface area contributed by atoms with Gasteiger partial charge in [-0.1, -0.05) is 17.8 Å². The Morgan fingerprint density at radius 1 is 1.42 bits per heavy atom. The van der Waals surface area contributed by atoms with Gasteiger partial charge in [0.05, 0.1) is 22.1 Å². The summed E-state index contributed by atoms with van der Waals surface area (Å²) in [5, 5.41) is 21.1. The second kappa shape index (κ2) is 5.77. The molecule has 0 fully saturated rings. The largest absolute Gasteiger partial charge is 0.389 e. The zero-order chi connectivity index (χ0) is 13.8. The molecule has 0 aliphatic rings. The van der Waals surface area contributed by atoms with Crippen molar-refractivity contribution in [1.29, 1.82) is 0 Å². The minimum absolute atomic E-state index is 0.0472. The van der Waals surface area contributed by atoms with E-state index < -0.39 is 11.0 Å². The third kappa shape index (κ3) is 3.27. The molecule has 19 heavy (non-hydrogen) atoms. The molecule has 0 radical (unpaired) electrons. The normalized spacial score (nSPS) is 12.1. The van der Waals surface area contributed by atoms with Crippen molar-refractivity contribution in [3.8, 4) is 0 Å². The molecule has 1 N–H and O–H groups in total. The number of hydrogen-bond acceptors (Lipinski definition) is 6. The highest BCUT2D eigenvalue weighted by atomic mass is 32.2. The standard InChI is InChI=1S/C12H11N3O3S/c1-8(16)9-2-3-11(10(6-9)15(17)18)19-12-7-13-4-5-14-12/h2-8,16H,1H3/t8-/m1/s1. The molecule has 6 nitrogen and oxygen atoms in total. The van der Waals surface area contributed by atoms with E-state index in [1.54, 1.807) is 19.1 Å². The fourth-order valence-corrected chi connectivity index (χ4v) is 2.30. The van der Waals surface area contributed by atoms with Crippen molar-refractivity contribution in [1.82, 2.24) is 9.97 Å². The van der Waals surface area contributed by atoms with E-state index in [0.29, 0.717) is 15.5 Å². The van der Waals surface area contributed by atoms with Gasteiger partial charge in [0, 0.05) is 18.5 Å². The molecule has 1 aromatic carbocycles. The SMILES string of the molecule is C[C@@H](O)c1ccc(Sc2cnccn2)c([N+](=O)[O-])c1. The first-order valence-corrected chi connectivity index (χ1v) is 6.30. The first-order chi connectivity index (χ1) is 9.08. The van der Waals surface area contributed by atoms with E-state index in [9.17, 15) is 15.2 Å². The molecule has 98 valence electrons. The van der Waals surface area contributed by atoms with Crippen LogP contribution in [0.3, 0.4) is 0 Å². The van der Waals surface area contributed by atoms with Crippen molar-refractivity contribution in [2.45, 2.75) is 22.9 Å². The Bertz CT molecular complexity index is 590. The first kappa shape index (κ1) is 13.4. The van der Waals surface area contributed by atoms with E-state index in [4.69, 9.17) is 0 Å². The molecular weight excluding hydrogens is 266 g/mol. The highest BCUT2D eigenvalue weighted by molar-refractivity contribution is 7.99. The van der Waals surface area contributed by atoms with Crippen LogP contribution < -0.4 is 0 Å². The van der Waals surface area contributed by atoms with Crippen LogP contribution in [-0.4, -0.2) is 20.0 Å². The average Bonchev–Trinajstić information content (AvgIpc) is 2.39. The molecule has 0 amide bonds. The summed E-state index contributed by atoms with van der Waals surface area (Å²) in [5.41, 5.74) is 0.462. The van der Waals surface area contributed by atoms with Crippen LogP contribution in [-0.2, 0) is 0 Å². The lowest BCUT2D eigenvalue weighted by Crippen LogP contribution is -1.96. The molecule has 2 rings (SSSR count). The van der Waals surface area contributed by atoms with Crippen LogP contribution in [0.1, 0.15) is 18.6 Å². The Morgan fingerprint density at radius 3 is 2.79 bits per heavy atom. The van der Waals surface area contributed by atoms with Crippen LogP contribution in [0.5, 0.6) is 0 Å². The topological polar surface area (TPSA) is 89.2 Å². The van der Waals surface area contributed by atoms with Gasteiger partial charge in [-0.25, -0.2) is 4.98 Å². The van der Waals surface area contributed by atoms with Gasteiger partial charge in [0.1, 0.15) is 5.03 Å². The summed E-state index contributed by atoms with van der Waals surface area (Å²) < 4.78 is 0. The van der Waals surface area contributed by atoms with Crippen LogP contribution in [0.25, 0.3) is 0 Å². The van der Waals surface area contributed by atoms with E-state index >= 15 is 0 Å². The molecule has 0 aliphatic carbocycles. The molecule has 0 saturated carbocycles. The molecule has 1 aromatic heterocycles. The molecule has 7 heteroatoms. The van der Waals surface area contributed by atoms with Gasteiger partial charge in [-0.2, -0.15) is 0 Å². The highest BCUT2D eigenvalue weighted by Gasteiger charge is 2.17. The predicted molar refractivity (Wildman–Crippen MR) is 69.9 cm³/mol. The smallest absolute Gasteiger partial charge is 0.283 e. The second-order valence-electron chi connectivity index (χ2n) is 3.81. The summed E-state index contributed by atoms with van der Waals surface area (Å²) in [4.78, 5) is 19.0. The van der Waals surface area contributed by atoms with Crippen molar-refractivity contribution in [3.05, 3.63) is 52.5 Å². The lowest BCUT2D eigenvalue weighted by molar-refractivity contribution is -0.387. The fraction of sp³-hybridized carbons (Fsp3) is 0.167. The van der Waals surface area contributed by atoms with E-state index in [0.717, 1.165) is 0 Å². The van der Waals surface area contributed by atoms with E-state index in [1.165, 1.54) is 36.4 Å². The van der Waals surface area contributed by atoms with Crippen LogP contribution in [0.2, 0.25) is 0 Å². The molecule has 0 saturated heterocycles. The maximum Gasteiger partial charge on any atom is 0.283 e. The maximum atomic E-state index is 11.1. The average molecular weight is 277 g/mol. The summed E-state index contributed by atoms with van der Waals surface area (Å²) in [6.45, 7) is 1.56. The van der Waals surface area contributed by atoms with Crippen molar-refractivity contribution in [2.24, 2.45) is 0 Å². The molecule has 0 unspecified atom stereocenters. The number of rotatable bonds is 4. The van der Waals surface area contributed by atoms with Crippen molar-refractivity contribution in [2.75, 3.05) is 0 Å². The van der Waals surface area contributed by atoms with E-state index in [1.807, 2.05) is 0 Å². The number of aliphatic hydroxyl groups is 1. The van der Waals surface area contributed by atoms with Crippen molar-refractivity contribution >= 4 is 17.4 Å². The van der Waals surface area contributed by atoms with Crippen LogP contribution in [0.4, 0.5) is 5.69 Å². The second-order valence-corrected chi connectivity index (χ2v) is 4.87.